The number of nitrogens with zero attached hydrogens (tertiary/aromatic N) is 5. The number of H-pyrrole nitrogens is 1. The SMILES string of the molecule is Cc1cccc(-c2n[nH]cc2-c2ccc3ncc(N4CCC[C@H]4CO)cc3n2)n1. The summed E-state index contributed by atoms with van der Waals surface area (Å²) in [6.07, 6.45) is 5.81. The fourth-order valence-electron chi connectivity index (χ4n) is 4.02. The van der Waals surface area contributed by atoms with Crippen molar-refractivity contribution in [3.05, 3.63) is 54.5 Å². The highest BCUT2D eigenvalue weighted by Gasteiger charge is 2.24. The molecule has 2 N–H and O–H groups in total. The van der Waals surface area contributed by atoms with E-state index in [2.05, 4.69) is 31.1 Å². The van der Waals surface area contributed by atoms with Crippen LogP contribution in [0.3, 0.4) is 0 Å². The molecule has 7 nitrogen and oxygen atoms in total. The number of aliphatic hydroxyl groups is 1. The Kier molecular flexibility index (Phi) is 4.44. The van der Waals surface area contributed by atoms with Crippen LogP contribution in [0.2, 0.25) is 0 Å². The van der Waals surface area contributed by atoms with Crippen LogP contribution < -0.4 is 4.90 Å². The number of anilines is 1. The Balaban J connectivity index is 1.56. The summed E-state index contributed by atoms with van der Waals surface area (Å²) >= 11 is 0. The molecule has 4 aromatic heterocycles. The second-order valence-corrected chi connectivity index (χ2v) is 7.41. The number of fused-ring (bicyclic) bond motifs is 1. The summed E-state index contributed by atoms with van der Waals surface area (Å²) in [5.74, 6) is 0. The van der Waals surface area contributed by atoms with E-state index >= 15 is 0 Å². The van der Waals surface area contributed by atoms with E-state index in [-0.39, 0.29) is 12.6 Å². The smallest absolute Gasteiger partial charge is 0.120 e. The number of rotatable bonds is 4. The molecule has 1 aliphatic heterocycles. The molecule has 7 heteroatoms. The molecule has 1 atom stereocenters. The number of aromatic amines is 1. The first kappa shape index (κ1) is 17.8. The van der Waals surface area contributed by atoms with Crippen molar-refractivity contribution < 1.29 is 5.11 Å². The van der Waals surface area contributed by atoms with Gasteiger partial charge in [-0.05, 0) is 50.1 Å². The Morgan fingerprint density at radius 1 is 1.14 bits per heavy atom. The third kappa shape index (κ3) is 3.23. The minimum atomic E-state index is 0.158. The van der Waals surface area contributed by atoms with Crippen molar-refractivity contribution in [2.45, 2.75) is 25.8 Å². The first-order chi connectivity index (χ1) is 14.2. The number of aryl methyl sites for hydroxylation is 1. The highest BCUT2D eigenvalue weighted by molar-refractivity contribution is 5.84. The van der Waals surface area contributed by atoms with E-state index in [0.29, 0.717) is 0 Å². The average molecular weight is 386 g/mol. The van der Waals surface area contributed by atoms with Gasteiger partial charge in [-0.1, -0.05) is 6.07 Å². The van der Waals surface area contributed by atoms with Gasteiger partial charge < -0.3 is 10.0 Å². The van der Waals surface area contributed by atoms with Crippen LogP contribution in [0.5, 0.6) is 0 Å². The fourth-order valence-corrected chi connectivity index (χ4v) is 4.02. The van der Waals surface area contributed by atoms with Gasteiger partial charge in [-0.15, -0.1) is 0 Å². The first-order valence-electron chi connectivity index (χ1n) is 9.85. The molecule has 0 amide bonds. The van der Waals surface area contributed by atoms with Crippen molar-refractivity contribution in [2.75, 3.05) is 18.1 Å². The van der Waals surface area contributed by atoms with Crippen LogP contribution in [-0.4, -0.2) is 49.4 Å². The quantitative estimate of drug-likeness (QED) is 0.559. The molecule has 5 rings (SSSR count). The Morgan fingerprint density at radius 3 is 2.93 bits per heavy atom. The largest absolute Gasteiger partial charge is 0.394 e. The molecule has 1 aliphatic rings. The number of nitrogens with one attached hydrogen (secondary N) is 1. The van der Waals surface area contributed by atoms with Crippen molar-refractivity contribution >= 4 is 16.7 Å². The molecular formula is C22H22N6O. The average Bonchev–Trinajstić information content (AvgIpc) is 3.42. The van der Waals surface area contributed by atoms with E-state index in [9.17, 15) is 5.11 Å². The maximum absolute atomic E-state index is 9.64. The Labute approximate surface area is 168 Å². The fraction of sp³-hybridized carbons (Fsp3) is 0.273. The van der Waals surface area contributed by atoms with Crippen LogP contribution in [0.1, 0.15) is 18.5 Å². The molecule has 1 saturated heterocycles. The lowest BCUT2D eigenvalue weighted by atomic mass is 10.1. The van der Waals surface area contributed by atoms with Gasteiger partial charge in [0.2, 0.25) is 0 Å². The number of aromatic nitrogens is 5. The van der Waals surface area contributed by atoms with Crippen molar-refractivity contribution in [2.24, 2.45) is 0 Å². The summed E-state index contributed by atoms with van der Waals surface area (Å²) in [5.41, 5.74) is 6.95. The molecule has 0 unspecified atom stereocenters. The molecule has 0 bridgehead atoms. The van der Waals surface area contributed by atoms with Crippen LogP contribution in [0.4, 0.5) is 5.69 Å². The van der Waals surface area contributed by atoms with Gasteiger partial charge in [0, 0.05) is 24.0 Å². The van der Waals surface area contributed by atoms with Crippen molar-refractivity contribution in [3.8, 4) is 22.6 Å². The lowest BCUT2D eigenvalue weighted by Gasteiger charge is -2.25. The molecule has 1 fully saturated rings. The predicted octanol–water partition coefficient (Wildman–Crippen LogP) is 3.35. The van der Waals surface area contributed by atoms with E-state index < -0.39 is 0 Å². The molecule has 0 saturated carbocycles. The first-order valence-corrected chi connectivity index (χ1v) is 9.85. The zero-order valence-electron chi connectivity index (χ0n) is 16.2. The second kappa shape index (κ2) is 7.25. The van der Waals surface area contributed by atoms with Crippen LogP contribution in [0.25, 0.3) is 33.7 Å². The molecule has 0 radical (unpaired) electrons. The highest BCUT2D eigenvalue weighted by atomic mass is 16.3. The third-order valence-electron chi connectivity index (χ3n) is 5.49. The molecule has 0 aromatic carbocycles. The lowest BCUT2D eigenvalue weighted by molar-refractivity contribution is 0.266. The summed E-state index contributed by atoms with van der Waals surface area (Å²) in [5, 5.41) is 17.0. The van der Waals surface area contributed by atoms with Gasteiger partial charge in [0.05, 0.1) is 47.0 Å². The van der Waals surface area contributed by atoms with Crippen LogP contribution >= 0.6 is 0 Å². The second-order valence-electron chi connectivity index (χ2n) is 7.41. The molecule has 0 aliphatic carbocycles. The van der Waals surface area contributed by atoms with Gasteiger partial charge in [-0.3, -0.25) is 15.1 Å². The maximum atomic E-state index is 9.64. The standard InChI is InChI=1S/C22H22N6O/c1-14-4-2-6-20(25-14)22-17(12-24-27-22)18-7-8-19-21(26-18)10-16(11-23-19)28-9-3-5-15(28)13-29/h2,4,6-8,10-12,15,29H,3,5,9,13H2,1H3,(H,24,27)/t15-/m0/s1. The highest BCUT2D eigenvalue weighted by Crippen LogP contribution is 2.31. The number of hydrogen-bond donors (Lipinski definition) is 2. The van der Waals surface area contributed by atoms with E-state index in [4.69, 9.17) is 4.98 Å². The summed E-state index contributed by atoms with van der Waals surface area (Å²) < 4.78 is 0. The normalized spacial score (nSPS) is 16.6. The minimum Gasteiger partial charge on any atom is -0.394 e. The number of hydrogen-bond acceptors (Lipinski definition) is 6. The third-order valence-corrected chi connectivity index (χ3v) is 5.49. The Morgan fingerprint density at radius 2 is 2.07 bits per heavy atom. The van der Waals surface area contributed by atoms with Crippen LogP contribution in [0, 0.1) is 6.92 Å². The molecule has 29 heavy (non-hydrogen) atoms. The van der Waals surface area contributed by atoms with E-state index in [1.807, 2.05) is 49.6 Å². The van der Waals surface area contributed by atoms with Gasteiger partial charge in [0.1, 0.15) is 5.69 Å². The van der Waals surface area contributed by atoms with Crippen LogP contribution in [-0.2, 0) is 0 Å². The summed E-state index contributed by atoms with van der Waals surface area (Å²) in [6.45, 7) is 3.06. The van der Waals surface area contributed by atoms with Gasteiger partial charge >= 0.3 is 0 Å². The Hall–Kier alpha value is -3.32. The summed E-state index contributed by atoms with van der Waals surface area (Å²) in [7, 11) is 0. The zero-order chi connectivity index (χ0) is 19.8. The van der Waals surface area contributed by atoms with Crippen LogP contribution in [0.15, 0.2) is 48.8 Å². The topological polar surface area (TPSA) is 90.8 Å². The van der Waals surface area contributed by atoms with Gasteiger partial charge in [0.15, 0.2) is 0 Å². The molecule has 0 spiro atoms. The van der Waals surface area contributed by atoms with Gasteiger partial charge in [-0.2, -0.15) is 5.10 Å². The minimum absolute atomic E-state index is 0.158. The van der Waals surface area contributed by atoms with Crippen molar-refractivity contribution in [1.82, 2.24) is 25.1 Å². The maximum Gasteiger partial charge on any atom is 0.120 e. The van der Waals surface area contributed by atoms with E-state index in [0.717, 1.165) is 64.4 Å². The lowest BCUT2D eigenvalue weighted by Crippen LogP contribution is -2.32. The van der Waals surface area contributed by atoms with E-state index in [1.165, 1.54) is 0 Å². The molecule has 146 valence electrons. The monoisotopic (exact) mass is 386 g/mol. The molecular weight excluding hydrogens is 364 g/mol. The Bertz CT molecular complexity index is 1170. The number of aliphatic hydroxyl groups excluding tert-OH is 1. The zero-order valence-corrected chi connectivity index (χ0v) is 16.2. The van der Waals surface area contributed by atoms with Crippen molar-refractivity contribution in [3.63, 3.8) is 0 Å². The van der Waals surface area contributed by atoms with Crippen molar-refractivity contribution in [1.29, 1.82) is 0 Å². The van der Waals surface area contributed by atoms with E-state index in [1.54, 1.807) is 0 Å². The number of pyridine rings is 3. The predicted molar refractivity (Wildman–Crippen MR) is 113 cm³/mol. The summed E-state index contributed by atoms with van der Waals surface area (Å²) in [6, 6.07) is 12.1. The van der Waals surface area contributed by atoms with Gasteiger partial charge in [0.25, 0.3) is 0 Å². The molecule has 5 heterocycles. The molecule has 4 aromatic rings. The van der Waals surface area contributed by atoms with Gasteiger partial charge in [-0.25, -0.2) is 4.98 Å². The summed E-state index contributed by atoms with van der Waals surface area (Å²) in [4.78, 5) is 16.3.